The molecule has 2 heteroatoms. The van der Waals surface area contributed by atoms with Gasteiger partial charge in [-0.25, -0.2) is 0 Å². The van der Waals surface area contributed by atoms with Gasteiger partial charge in [0, 0.05) is 5.41 Å². The van der Waals surface area contributed by atoms with E-state index in [-0.39, 0.29) is 5.41 Å². The second-order valence-corrected chi connectivity index (χ2v) is 5.56. The summed E-state index contributed by atoms with van der Waals surface area (Å²) in [6.45, 7) is 1.48. The van der Waals surface area contributed by atoms with Crippen LogP contribution in [0.2, 0.25) is 0 Å². The summed E-state index contributed by atoms with van der Waals surface area (Å²) in [5.74, 6) is 1.89. The zero-order valence-corrected chi connectivity index (χ0v) is 11.6. The molecule has 0 N–H and O–H groups in total. The van der Waals surface area contributed by atoms with Crippen LogP contribution in [-0.4, -0.2) is 13.2 Å². The van der Waals surface area contributed by atoms with Gasteiger partial charge in [0.1, 0.15) is 11.5 Å². The molecule has 0 spiro atoms. The molecule has 1 saturated carbocycles. The Labute approximate surface area is 120 Å². The van der Waals surface area contributed by atoms with E-state index >= 15 is 0 Å². The summed E-state index contributed by atoms with van der Waals surface area (Å²) >= 11 is 0. The molecule has 2 nitrogen and oxygen atoms in total. The predicted molar refractivity (Wildman–Crippen MR) is 80.2 cm³/mol. The van der Waals surface area contributed by atoms with E-state index in [9.17, 15) is 0 Å². The molecular weight excluding hydrogens is 248 g/mol. The van der Waals surface area contributed by atoms with Crippen molar-refractivity contribution in [2.45, 2.75) is 19.3 Å². The Morgan fingerprint density at radius 2 is 1.15 bits per heavy atom. The lowest BCUT2D eigenvalue weighted by atomic mass is 9.70. The maximum Gasteiger partial charge on any atom is 0.119 e. The largest absolute Gasteiger partial charge is 0.493 e. The first-order valence-electron chi connectivity index (χ1n) is 7.22. The summed E-state index contributed by atoms with van der Waals surface area (Å²) < 4.78 is 11.8. The average Bonchev–Trinajstić information content (AvgIpc) is 2.48. The SMILES string of the molecule is c1ccc(OCC2(COc3ccccc3)CCC2)cc1. The number of para-hydroxylation sites is 2. The van der Waals surface area contributed by atoms with Gasteiger partial charge in [0.05, 0.1) is 13.2 Å². The van der Waals surface area contributed by atoms with Gasteiger partial charge in [-0.05, 0) is 37.1 Å². The summed E-state index contributed by atoms with van der Waals surface area (Å²) in [5, 5.41) is 0. The summed E-state index contributed by atoms with van der Waals surface area (Å²) in [6, 6.07) is 20.0. The number of benzene rings is 2. The van der Waals surface area contributed by atoms with Crippen molar-refractivity contribution in [2.75, 3.05) is 13.2 Å². The first kappa shape index (κ1) is 13.0. The van der Waals surface area contributed by atoms with Gasteiger partial charge in [-0.1, -0.05) is 42.8 Å². The van der Waals surface area contributed by atoms with E-state index in [1.54, 1.807) is 0 Å². The molecule has 104 valence electrons. The lowest BCUT2D eigenvalue weighted by molar-refractivity contribution is 0.00976. The molecule has 0 unspecified atom stereocenters. The Balaban J connectivity index is 1.55. The van der Waals surface area contributed by atoms with Crippen LogP contribution in [-0.2, 0) is 0 Å². The molecule has 0 heterocycles. The second-order valence-electron chi connectivity index (χ2n) is 5.56. The Morgan fingerprint density at radius 1 is 0.700 bits per heavy atom. The molecule has 2 aromatic rings. The highest BCUT2D eigenvalue weighted by Gasteiger charge is 2.38. The summed E-state index contributed by atoms with van der Waals surface area (Å²) in [6.07, 6.45) is 3.65. The van der Waals surface area contributed by atoms with E-state index < -0.39 is 0 Å². The molecule has 0 amide bonds. The van der Waals surface area contributed by atoms with Crippen LogP contribution in [0, 0.1) is 5.41 Å². The van der Waals surface area contributed by atoms with Gasteiger partial charge in [0.25, 0.3) is 0 Å². The highest BCUT2D eigenvalue weighted by Crippen LogP contribution is 2.41. The fraction of sp³-hybridized carbons (Fsp3) is 0.333. The van der Waals surface area contributed by atoms with Gasteiger partial charge in [0.15, 0.2) is 0 Å². The van der Waals surface area contributed by atoms with Gasteiger partial charge in [-0.15, -0.1) is 0 Å². The topological polar surface area (TPSA) is 18.5 Å². The van der Waals surface area contributed by atoms with E-state index in [0.29, 0.717) is 0 Å². The quantitative estimate of drug-likeness (QED) is 0.777. The molecule has 0 radical (unpaired) electrons. The number of ether oxygens (including phenoxy) is 2. The van der Waals surface area contributed by atoms with Crippen molar-refractivity contribution in [3.05, 3.63) is 60.7 Å². The first-order chi connectivity index (χ1) is 9.86. The molecule has 3 rings (SSSR count). The fourth-order valence-electron chi connectivity index (χ4n) is 2.51. The monoisotopic (exact) mass is 268 g/mol. The van der Waals surface area contributed by atoms with Crippen LogP contribution in [0.3, 0.4) is 0 Å². The molecule has 1 aliphatic carbocycles. The first-order valence-corrected chi connectivity index (χ1v) is 7.22. The van der Waals surface area contributed by atoms with E-state index in [0.717, 1.165) is 24.7 Å². The molecule has 20 heavy (non-hydrogen) atoms. The van der Waals surface area contributed by atoms with Crippen molar-refractivity contribution < 1.29 is 9.47 Å². The minimum atomic E-state index is 0.186. The Bertz CT molecular complexity index is 472. The molecule has 0 aliphatic heterocycles. The third kappa shape index (κ3) is 3.13. The zero-order chi connectivity index (χ0) is 13.7. The molecule has 1 fully saturated rings. The average molecular weight is 268 g/mol. The van der Waals surface area contributed by atoms with Gasteiger partial charge in [-0.2, -0.15) is 0 Å². The van der Waals surface area contributed by atoms with Gasteiger partial charge >= 0.3 is 0 Å². The zero-order valence-electron chi connectivity index (χ0n) is 11.6. The minimum absolute atomic E-state index is 0.186. The maximum atomic E-state index is 5.92. The maximum absolute atomic E-state index is 5.92. The van der Waals surface area contributed by atoms with Gasteiger partial charge < -0.3 is 9.47 Å². The Morgan fingerprint density at radius 3 is 1.50 bits per heavy atom. The van der Waals surface area contributed by atoms with E-state index in [1.807, 2.05) is 60.7 Å². The van der Waals surface area contributed by atoms with Crippen LogP contribution in [0.4, 0.5) is 0 Å². The van der Waals surface area contributed by atoms with Gasteiger partial charge in [-0.3, -0.25) is 0 Å². The van der Waals surface area contributed by atoms with E-state index in [4.69, 9.17) is 9.47 Å². The van der Waals surface area contributed by atoms with Crippen molar-refractivity contribution in [3.8, 4) is 11.5 Å². The van der Waals surface area contributed by atoms with Crippen molar-refractivity contribution in [1.29, 1.82) is 0 Å². The van der Waals surface area contributed by atoms with Crippen molar-refractivity contribution in [3.63, 3.8) is 0 Å². The Kier molecular flexibility index (Phi) is 3.91. The summed E-state index contributed by atoms with van der Waals surface area (Å²) in [7, 11) is 0. The lowest BCUT2D eigenvalue weighted by Crippen LogP contribution is -2.41. The molecular formula is C18H20O2. The third-order valence-corrected chi connectivity index (χ3v) is 3.99. The predicted octanol–water partition coefficient (Wildman–Crippen LogP) is 4.31. The fourth-order valence-corrected chi connectivity index (χ4v) is 2.51. The van der Waals surface area contributed by atoms with E-state index in [1.165, 1.54) is 19.3 Å². The number of hydrogen-bond acceptors (Lipinski definition) is 2. The third-order valence-electron chi connectivity index (χ3n) is 3.99. The second kappa shape index (κ2) is 6.00. The van der Waals surface area contributed by atoms with Crippen molar-refractivity contribution >= 4 is 0 Å². The molecule has 0 atom stereocenters. The van der Waals surface area contributed by atoms with Crippen LogP contribution in [0.5, 0.6) is 11.5 Å². The van der Waals surface area contributed by atoms with Crippen LogP contribution in [0.15, 0.2) is 60.7 Å². The molecule has 0 aromatic heterocycles. The molecule has 1 aliphatic rings. The Hall–Kier alpha value is -1.96. The van der Waals surface area contributed by atoms with Crippen LogP contribution in [0.25, 0.3) is 0 Å². The van der Waals surface area contributed by atoms with Crippen molar-refractivity contribution in [1.82, 2.24) is 0 Å². The van der Waals surface area contributed by atoms with E-state index in [2.05, 4.69) is 0 Å². The number of hydrogen-bond donors (Lipinski definition) is 0. The molecule has 0 saturated heterocycles. The van der Waals surface area contributed by atoms with Crippen LogP contribution < -0.4 is 9.47 Å². The molecule has 2 aromatic carbocycles. The lowest BCUT2D eigenvalue weighted by Gasteiger charge is -2.40. The smallest absolute Gasteiger partial charge is 0.119 e. The molecule has 0 bridgehead atoms. The summed E-state index contributed by atoms with van der Waals surface area (Å²) in [4.78, 5) is 0. The summed E-state index contributed by atoms with van der Waals surface area (Å²) in [5.41, 5.74) is 0.186. The normalized spacial score (nSPS) is 16.2. The van der Waals surface area contributed by atoms with Crippen molar-refractivity contribution in [2.24, 2.45) is 5.41 Å². The highest BCUT2D eigenvalue weighted by atomic mass is 16.5. The minimum Gasteiger partial charge on any atom is -0.493 e. The number of rotatable bonds is 6. The van der Waals surface area contributed by atoms with Crippen LogP contribution in [0.1, 0.15) is 19.3 Å². The van der Waals surface area contributed by atoms with Crippen LogP contribution >= 0.6 is 0 Å². The van der Waals surface area contributed by atoms with Gasteiger partial charge in [0.2, 0.25) is 0 Å². The highest BCUT2D eigenvalue weighted by molar-refractivity contribution is 5.22. The standard InChI is InChI=1S/C18H20O2/c1-3-8-16(9-4-1)19-14-18(12-7-13-18)15-20-17-10-5-2-6-11-17/h1-6,8-11H,7,12-15H2.